The standard InChI is InChI=1S/C18H30N4O2/c1-6-19-18(20-12-15(22(2)3)13-7-8-13)21-14-9-10-16(23-4)17(11-14)24-5/h9-11,13,15H,6-8,12H2,1-5H3,(H2,19,20,21). The van der Waals surface area contributed by atoms with E-state index in [0.29, 0.717) is 17.5 Å². The zero-order chi connectivity index (χ0) is 17.5. The third-order valence-corrected chi connectivity index (χ3v) is 4.26. The minimum absolute atomic E-state index is 0.505. The van der Waals surface area contributed by atoms with Crippen LogP contribution in [0.2, 0.25) is 0 Å². The lowest BCUT2D eigenvalue weighted by Gasteiger charge is -2.23. The highest BCUT2D eigenvalue weighted by molar-refractivity contribution is 5.93. The average Bonchev–Trinajstić information content (AvgIpc) is 3.39. The van der Waals surface area contributed by atoms with Gasteiger partial charge in [0.25, 0.3) is 0 Å². The van der Waals surface area contributed by atoms with E-state index >= 15 is 0 Å². The van der Waals surface area contributed by atoms with Crippen LogP contribution in [0.5, 0.6) is 11.5 Å². The normalized spacial score (nSPS) is 16.0. The van der Waals surface area contributed by atoms with Gasteiger partial charge >= 0.3 is 0 Å². The predicted octanol–water partition coefficient (Wildman–Crippen LogP) is 2.42. The van der Waals surface area contributed by atoms with E-state index in [1.165, 1.54) is 12.8 Å². The van der Waals surface area contributed by atoms with E-state index in [1.807, 2.05) is 18.2 Å². The maximum atomic E-state index is 5.36. The fourth-order valence-corrected chi connectivity index (χ4v) is 2.76. The summed E-state index contributed by atoms with van der Waals surface area (Å²) in [6.07, 6.45) is 2.63. The largest absolute Gasteiger partial charge is 0.493 e. The molecule has 1 aliphatic rings. The Morgan fingerprint density at radius 3 is 2.50 bits per heavy atom. The Kier molecular flexibility index (Phi) is 6.73. The van der Waals surface area contributed by atoms with E-state index in [2.05, 4.69) is 36.6 Å². The third kappa shape index (κ3) is 5.03. The summed E-state index contributed by atoms with van der Waals surface area (Å²) in [5.74, 6) is 2.99. The number of nitrogens with zero attached hydrogens (tertiary/aromatic N) is 2. The Balaban J connectivity index is 2.08. The molecule has 2 rings (SSSR count). The molecule has 6 nitrogen and oxygen atoms in total. The smallest absolute Gasteiger partial charge is 0.195 e. The summed E-state index contributed by atoms with van der Waals surface area (Å²) in [5.41, 5.74) is 0.917. The number of anilines is 1. The first-order valence-corrected chi connectivity index (χ1v) is 8.52. The summed E-state index contributed by atoms with van der Waals surface area (Å²) >= 11 is 0. The van der Waals surface area contributed by atoms with Gasteiger partial charge in [-0.1, -0.05) is 0 Å². The second-order valence-electron chi connectivity index (χ2n) is 6.28. The van der Waals surface area contributed by atoms with Gasteiger partial charge in [-0.2, -0.15) is 0 Å². The number of ether oxygens (including phenoxy) is 2. The number of methoxy groups -OCH3 is 2. The number of likely N-dealkylation sites (N-methyl/N-ethyl adjacent to an activating group) is 1. The molecule has 2 N–H and O–H groups in total. The van der Waals surface area contributed by atoms with Gasteiger partial charge in [0.1, 0.15) is 0 Å². The highest BCUT2D eigenvalue weighted by Gasteiger charge is 2.32. The zero-order valence-electron chi connectivity index (χ0n) is 15.4. The second kappa shape index (κ2) is 8.78. The zero-order valence-corrected chi connectivity index (χ0v) is 15.4. The van der Waals surface area contributed by atoms with Crippen molar-refractivity contribution in [3.63, 3.8) is 0 Å². The lowest BCUT2D eigenvalue weighted by molar-refractivity contribution is 0.271. The molecule has 1 saturated carbocycles. The lowest BCUT2D eigenvalue weighted by atomic mass is 10.2. The molecule has 1 aromatic rings. The SMILES string of the molecule is CCNC(=NCC(C1CC1)N(C)C)Nc1ccc(OC)c(OC)c1. The van der Waals surface area contributed by atoms with E-state index < -0.39 is 0 Å². The van der Waals surface area contributed by atoms with Gasteiger partial charge in [0.2, 0.25) is 0 Å². The summed E-state index contributed by atoms with van der Waals surface area (Å²) in [6, 6.07) is 6.26. The van der Waals surface area contributed by atoms with Gasteiger partial charge < -0.3 is 25.0 Å². The van der Waals surface area contributed by atoms with Crippen molar-refractivity contribution in [1.82, 2.24) is 10.2 Å². The monoisotopic (exact) mass is 334 g/mol. The van der Waals surface area contributed by atoms with Crippen molar-refractivity contribution in [2.45, 2.75) is 25.8 Å². The molecule has 1 aliphatic carbocycles. The van der Waals surface area contributed by atoms with E-state index in [4.69, 9.17) is 14.5 Å². The lowest BCUT2D eigenvalue weighted by Crippen LogP contribution is -2.36. The second-order valence-corrected chi connectivity index (χ2v) is 6.28. The molecule has 0 heterocycles. The number of hydrogen-bond acceptors (Lipinski definition) is 4. The van der Waals surface area contributed by atoms with Crippen LogP contribution < -0.4 is 20.1 Å². The molecule has 1 unspecified atom stereocenters. The van der Waals surface area contributed by atoms with E-state index in [-0.39, 0.29) is 0 Å². The number of nitrogens with one attached hydrogen (secondary N) is 2. The number of guanidine groups is 1. The molecule has 134 valence electrons. The first-order valence-electron chi connectivity index (χ1n) is 8.52. The molecule has 6 heteroatoms. The molecule has 0 radical (unpaired) electrons. The van der Waals surface area contributed by atoms with Crippen molar-refractivity contribution >= 4 is 11.6 Å². The molecule has 1 aromatic carbocycles. The molecule has 0 aromatic heterocycles. The number of benzene rings is 1. The van der Waals surface area contributed by atoms with Crippen LogP contribution in [0.1, 0.15) is 19.8 Å². The highest BCUT2D eigenvalue weighted by Crippen LogP contribution is 2.34. The molecule has 0 aliphatic heterocycles. The maximum absolute atomic E-state index is 5.36. The third-order valence-electron chi connectivity index (χ3n) is 4.26. The Bertz CT molecular complexity index is 554. The number of rotatable bonds is 8. The summed E-state index contributed by atoms with van der Waals surface area (Å²) in [7, 11) is 7.54. The fourth-order valence-electron chi connectivity index (χ4n) is 2.76. The molecule has 1 atom stereocenters. The first kappa shape index (κ1) is 18.4. The van der Waals surface area contributed by atoms with Crippen LogP contribution in [0.25, 0.3) is 0 Å². The quantitative estimate of drug-likeness (QED) is 0.565. The molecule has 0 spiro atoms. The number of hydrogen-bond donors (Lipinski definition) is 2. The van der Waals surface area contributed by atoms with Gasteiger partial charge in [0.05, 0.1) is 20.8 Å². The van der Waals surface area contributed by atoms with Gasteiger partial charge in [0.15, 0.2) is 17.5 Å². The van der Waals surface area contributed by atoms with Crippen molar-refractivity contribution in [2.24, 2.45) is 10.9 Å². The van der Waals surface area contributed by atoms with Crippen LogP contribution in [0.15, 0.2) is 23.2 Å². The van der Waals surface area contributed by atoms with Gasteiger partial charge in [-0.15, -0.1) is 0 Å². The summed E-state index contributed by atoms with van der Waals surface area (Å²) < 4.78 is 10.6. The summed E-state index contributed by atoms with van der Waals surface area (Å²) in [5, 5.41) is 6.64. The Hall–Kier alpha value is -1.95. The van der Waals surface area contributed by atoms with Crippen LogP contribution in [-0.4, -0.2) is 58.3 Å². The van der Waals surface area contributed by atoms with Crippen LogP contribution in [0.4, 0.5) is 5.69 Å². The van der Waals surface area contributed by atoms with Crippen molar-refractivity contribution < 1.29 is 9.47 Å². The first-order chi connectivity index (χ1) is 11.6. The van der Waals surface area contributed by atoms with Gasteiger partial charge in [-0.3, -0.25) is 4.99 Å². The molecule has 0 bridgehead atoms. The average molecular weight is 334 g/mol. The van der Waals surface area contributed by atoms with Gasteiger partial charge in [-0.25, -0.2) is 0 Å². The van der Waals surface area contributed by atoms with E-state index in [0.717, 1.165) is 30.7 Å². The Morgan fingerprint density at radius 2 is 1.96 bits per heavy atom. The van der Waals surface area contributed by atoms with Crippen LogP contribution in [0, 0.1) is 5.92 Å². The van der Waals surface area contributed by atoms with Crippen LogP contribution >= 0.6 is 0 Å². The van der Waals surface area contributed by atoms with Crippen LogP contribution in [-0.2, 0) is 0 Å². The fraction of sp³-hybridized carbons (Fsp3) is 0.611. The van der Waals surface area contributed by atoms with E-state index in [9.17, 15) is 0 Å². The molecule has 24 heavy (non-hydrogen) atoms. The predicted molar refractivity (Wildman–Crippen MR) is 99.3 cm³/mol. The molecule has 0 amide bonds. The minimum Gasteiger partial charge on any atom is -0.493 e. The van der Waals surface area contributed by atoms with Gasteiger partial charge in [-0.05, 0) is 51.9 Å². The maximum Gasteiger partial charge on any atom is 0.195 e. The van der Waals surface area contributed by atoms with Crippen molar-refractivity contribution in [1.29, 1.82) is 0 Å². The van der Waals surface area contributed by atoms with Crippen molar-refractivity contribution in [3.8, 4) is 11.5 Å². The number of aliphatic imine (C=N–C) groups is 1. The highest BCUT2D eigenvalue weighted by atomic mass is 16.5. The van der Waals surface area contributed by atoms with Crippen molar-refractivity contribution in [2.75, 3.05) is 46.7 Å². The van der Waals surface area contributed by atoms with Crippen molar-refractivity contribution in [3.05, 3.63) is 18.2 Å². The summed E-state index contributed by atoms with van der Waals surface area (Å²) in [6.45, 7) is 3.67. The molecule has 0 saturated heterocycles. The van der Waals surface area contributed by atoms with E-state index in [1.54, 1.807) is 14.2 Å². The molecular formula is C18H30N4O2. The minimum atomic E-state index is 0.505. The van der Waals surface area contributed by atoms with Crippen LogP contribution in [0.3, 0.4) is 0 Å². The molecular weight excluding hydrogens is 304 g/mol. The molecule has 1 fully saturated rings. The summed E-state index contributed by atoms with van der Waals surface area (Å²) in [4.78, 5) is 7.05. The van der Waals surface area contributed by atoms with Gasteiger partial charge in [0, 0.05) is 24.3 Å². The topological polar surface area (TPSA) is 58.1 Å². The Morgan fingerprint density at radius 1 is 1.25 bits per heavy atom. The Labute approximate surface area is 145 Å².